The third-order valence-corrected chi connectivity index (χ3v) is 5.96. The van der Waals surface area contributed by atoms with Gasteiger partial charge in [0, 0.05) is 6.20 Å². The molecule has 4 N–H and O–H groups in total. The van der Waals surface area contributed by atoms with E-state index in [-0.39, 0.29) is 29.3 Å². The summed E-state index contributed by atoms with van der Waals surface area (Å²) in [6.45, 7) is 2.20. The average molecular weight is 477 g/mol. The van der Waals surface area contributed by atoms with Gasteiger partial charge in [-0.2, -0.15) is 0 Å². The number of fused-ring (bicyclic) bond motifs is 1. The van der Waals surface area contributed by atoms with Gasteiger partial charge in [0.05, 0.1) is 44.7 Å². The molecule has 0 fully saturated rings. The van der Waals surface area contributed by atoms with Gasteiger partial charge in [-0.3, -0.25) is 4.79 Å². The first-order chi connectivity index (χ1) is 16.8. The second kappa shape index (κ2) is 10.2. The lowest BCUT2D eigenvalue weighted by molar-refractivity contribution is -0.120. The number of hydrogen-bond donors (Lipinski definition) is 4. The summed E-state index contributed by atoms with van der Waals surface area (Å²) >= 11 is 0. The van der Waals surface area contributed by atoms with Crippen LogP contribution in [0.5, 0.6) is 11.5 Å². The number of halogens is 1. The van der Waals surface area contributed by atoms with Crippen LogP contribution in [0.25, 0.3) is 17.2 Å². The number of ether oxygens (including phenoxy) is 2. The zero-order valence-electron chi connectivity index (χ0n) is 19.6. The summed E-state index contributed by atoms with van der Waals surface area (Å²) in [5, 5.41) is 22.3. The van der Waals surface area contributed by atoms with Gasteiger partial charge in [0.25, 0.3) is 0 Å². The summed E-state index contributed by atoms with van der Waals surface area (Å²) in [4.78, 5) is 19.6. The normalized spacial score (nSPS) is 13.7. The van der Waals surface area contributed by atoms with Crippen molar-refractivity contribution in [2.45, 2.75) is 19.9 Å². The van der Waals surface area contributed by atoms with E-state index in [1.807, 2.05) is 13.0 Å². The molecule has 2 aromatic carbocycles. The molecule has 8 nitrogen and oxygen atoms in total. The SMILES string of the molecule is COc1cc(/C=C2/C(C)=C(CC(=O)NCc3cnc[nH]3)c3cc(F)ccc32)cc(OC)c1B(O)O. The molecule has 4 rings (SSSR count). The number of amides is 1. The summed E-state index contributed by atoms with van der Waals surface area (Å²) in [6.07, 6.45) is 5.13. The maximum atomic E-state index is 14.2. The highest BCUT2D eigenvalue weighted by atomic mass is 19.1. The van der Waals surface area contributed by atoms with Gasteiger partial charge in [-0.25, -0.2) is 9.37 Å². The molecule has 0 atom stereocenters. The van der Waals surface area contributed by atoms with Crippen molar-refractivity contribution in [2.75, 3.05) is 14.2 Å². The molecule has 1 aliphatic carbocycles. The Morgan fingerprint density at radius 1 is 1.17 bits per heavy atom. The summed E-state index contributed by atoms with van der Waals surface area (Å²) in [6, 6.07) is 7.83. The lowest BCUT2D eigenvalue weighted by atomic mass is 9.78. The molecule has 1 heterocycles. The third kappa shape index (κ3) is 4.98. The monoisotopic (exact) mass is 477 g/mol. The fourth-order valence-electron chi connectivity index (χ4n) is 4.24. The van der Waals surface area contributed by atoms with Crippen LogP contribution in [0.15, 0.2) is 48.4 Å². The van der Waals surface area contributed by atoms with E-state index < -0.39 is 12.9 Å². The zero-order chi connectivity index (χ0) is 25.1. The highest BCUT2D eigenvalue weighted by molar-refractivity contribution is 6.61. The Labute approximate surface area is 202 Å². The molecule has 0 saturated carbocycles. The first kappa shape index (κ1) is 24.2. The molecule has 1 aliphatic rings. The van der Waals surface area contributed by atoms with Crippen molar-refractivity contribution in [1.29, 1.82) is 0 Å². The molecule has 3 aromatic rings. The van der Waals surface area contributed by atoms with Crippen molar-refractivity contribution < 1.29 is 28.7 Å². The van der Waals surface area contributed by atoms with Crippen LogP contribution in [0.1, 0.15) is 35.7 Å². The van der Waals surface area contributed by atoms with Crippen LogP contribution in [-0.4, -0.2) is 47.3 Å². The Balaban J connectivity index is 1.72. The summed E-state index contributed by atoms with van der Waals surface area (Å²) in [7, 11) is 1.08. The van der Waals surface area contributed by atoms with Gasteiger partial charge in [-0.1, -0.05) is 6.07 Å². The quantitative estimate of drug-likeness (QED) is 0.370. The molecule has 180 valence electrons. The number of carbonyl (C=O) groups is 1. The predicted molar refractivity (Wildman–Crippen MR) is 131 cm³/mol. The summed E-state index contributed by atoms with van der Waals surface area (Å²) in [5.74, 6) is -0.0834. The smallest absolute Gasteiger partial charge is 0.496 e. The largest absolute Gasteiger partial charge is 0.497 e. The highest BCUT2D eigenvalue weighted by Crippen LogP contribution is 2.44. The Morgan fingerprint density at radius 3 is 2.49 bits per heavy atom. The molecule has 0 radical (unpaired) electrons. The molecule has 0 bridgehead atoms. The number of aromatic amines is 1. The van der Waals surface area contributed by atoms with Gasteiger partial charge in [-0.15, -0.1) is 0 Å². The number of H-pyrrole nitrogens is 1. The summed E-state index contributed by atoms with van der Waals surface area (Å²) < 4.78 is 24.9. The van der Waals surface area contributed by atoms with E-state index in [2.05, 4.69) is 15.3 Å². The minimum Gasteiger partial charge on any atom is -0.497 e. The number of benzene rings is 2. The number of hydrogen-bond acceptors (Lipinski definition) is 6. The molecule has 10 heteroatoms. The Hall–Kier alpha value is -3.89. The predicted octanol–water partition coefficient (Wildman–Crippen LogP) is 2.28. The van der Waals surface area contributed by atoms with Crippen molar-refractivity contribution in [3.63, 3.8) is 0 Å². The van der Waals surface area contributed by atoms with E-state index in [4.69, 9.17) is 9.47 Å². The van der Waals surface area contributed by atoms with Gasteiger partial charge in [0.15, 0.2) is 0 Å². The van der Waals surface area contributed by atoms with Crippen LogP contribution in [0.4, 0.5) is 4.39 Å². The Bertz CT molecular complexity index is 1290. The number of aromatic nitrogens is 2. The Morgan fingerprint density at radius 2 is 1.89 bits per heavy atom. The first-order valence-corrected chi connectivity index (χ1v) is 10.9. The van der Waals surface area contributed by atoms with Gasteiger partial charge < -0.3 is 29.8 Å². The third-order valence-electron chi connectivity index (χ3n) is 5.96. The lowest BCUT2D eigenvalue weighted by Gasteiger charge is -2.14. The average Bonchev–Trinajstić information content (AvgIpc) is 3.44. The number of nitrogens with zero attached hydrogens (tertiary/aromatic N) is 1. The van der Waals surface area contributed by atoms with Gasteiger partial charge >= 0.3 is 7.12 Å². The zero-order valence-corrected chi connectivity index (χ0v) is 19.6. The van der Waals surface area contributed by atoms with Gasteiger partial charge in [0.2, 0.25) is 5.91 Å². The van der Waals surface area contributed by atoms with Crippen LogP contribution in [0, 0.1) is 5.82 Å². The second-order valence-corrected chi connectivity index (χ2v) is 8.09. The first-order valence-electron chi connectivity index (χ1n) is 10.9. The number of allylic oxidation sites excluding steroid dienone is 2. The molecule has 0 unspecified atom stereocenters. The maximum Gasteiger partial charge on any atom is 0.496 e. The number of methoxy groups -OCH3 is 2. The van der Waals surface area contributed by atoms with Crippen LogP contribution < -0.4 is 20.3 Å². The molecule has 1 amide bonds. The van der Waals surface area contributed by atoms with Crippen LogP contribution in [0.3, 0.4) is 0 Å². The van der Waals surface area contributed by atoms with Crippen molar-refractivity contribution in [3.05, 3.63) is 76.6 Å². The maximum absolute atomic E-state index is 14.2. The van der Waals surface area contributed by atoms with E-state index in [1.54, 1.807) is 30.7 Å². The van der Waals surface area contributed by atoms with Crippen molar-refractivity contribution in [3.8, 4) is 11.5 Å². The Kier molecular flexibility index (Phi) is 7.04. The highest BCUT2D eigenvalue weighted by Gasteiger charge is 2.27. The summed E-state index contributed by atoms with van der Waals surface area (Å²) in [5.41, 5.74) is 5.42. The number of imidazole rings is 1. The fourth-order valence-corrected chi connectivity index (χ4v) is 4.24. The molecular weight excluding hydrogens is 452 g/mol. The van der Waals surface area contributed by atoms with Gasteiger partial charge in [0.1, 0.15) is 17.3 Å². The number of carbonyl (C=O) groups excluding carboxylic acids is 1. The van der Waals surface area contributed by atoms with Crippen molar-refractivity contribution in [1.82, 2.24) is 15.3 Å². The van der Waals surface area contributed by atoms with E-state index in [0.29, 0.717) is 17.7 Å². The van der Waals surface area contributed by atoms with Crippen LogP contribution >= 0.6 is 0 Å². The van der Waals surface area contributed by atoms with E-state index in [9.17, 15) is 19.2 Å². The molecule has 1 aromatic heterocycles. The van der Waals surface area contributed by atoms with Crippen LogP contribution in [-0.2, 0) is 11.3 Å². The number of rotatable bonds is 8. The lowest BCUT2D eigenvalue weighted by Crippen LogP contribution is -2.32. The molecule has 0 spiro atoms. The minimum atomic E-state index is -1.77. The van der Waals surface area contributed by atoms with Crippen molar-refractivity contribution in [2.24, 2.45) is 0 Å². The molecule has 0 aliphatic heterocycles. The molecular formula is C25H25BFN3O5. The fraction of sp³-hybridized carbons (Fsp3) is 0.200. The topological polar surface area (TPSA) is 117 Å². The standard InChI is InChI=1S/C25H25BFN3O5/c1-14-19(6-15-7-22(34-2)25(26(32)33)23(8-15)35-3)18-5-4-16(27)9-21(18)20(14)10-24(31)29-12-17-11-28-13-30-17/h4-9,11,13,32-33H,10,12H2,1-3H3,(H,28,30)(H,29,31)/b19-6-. The second-order valence-electron chi connectivity index (χ2n) is 8.09. The van der Waals surface area contributed by atoms with Crippen LogP contribution in [0.2, 0.25) is 0 Å². The van der Waals surface area contributed by atoms with E-state index >= 15 is 0 Å². The number of nitrogens with one attached hydrogen (secondary N) is 2. The van der Waals surface area contributed by atoms with Crippen molar-refractivity contribution >= 4 is 35.7 Å². The molecule has 0 saturated heterocycles. The molecule has 35 heavy (non-hydrogen) atoms. The van der Waals surface area contributed by atoms with Gasteiger partial charge in [-0.05, 0) is 70.7 Å². The van der Waals surface area contributed by atoms with E-state index in [0.717, 1.165) is 28.0 Å². The van der Waals surface area contributed by atoms with E-state index in [1.165, 1.54) is 26.4 Å². The minimum absolute atomic E-state index is 0.0794.